The smallest absolute Gasteiger partial charge is 0.339 e. The van der Waals surface area contributed by atoms with Gasteiger partial charge in [0, 0.05) is 29.1 Å². The Labute approximate surface area is 197 Å². The van der Waals surface area contributed by atoms with Crippen LogP contribution in [-0.2, 0) is 11.3 Å². The first-order valence-corrected chi connectivity index (χ1v) is 10.9. The van der Waals surface area contributed by atoms with Gasteiger partial charge in [0.1, 0.15) is 12.4 Å². The van der Waals surface area contributed by atoms with Crippen LogP contribution >= 0.6 is 0 Å². The Hall–Kier alpha value is -4.20. The normalized spacial score (nSPS) is 12.5. The van der Waals surface area contributed by atoms with Crippen molar-refractivity contribution < 1.29 is 23.9 Å². The fraction of sp³-hybridized carbons (Fsp3) is 0.231. The molecule has 0 unspecified atom stereocenters. The van der Waals surface area contributed by atoms with Crippen LogP contribution in [0.3, 0.4) is 0 Å². The molecule has 2 N–H and O–H groups in total. The van der Waals surface area contributed by atoms with E-state index in [9.17, 15) is 14.4 Å². The third kappa shape index (κ3) is 5.78. The van der Waals surface area contributed by atoms with E-state index in [1.54, 1.807) is 48.5 Å². The van der Waals surface area contributed by atoms with Gasteiger partial charge in [0.05, 0.1) is 18.4 Å². The van der Waals surface area contributed by atoms with Gasteiger partial charge >= 0.3 is 5.97 Å². The lowest BCUT2D eigenvalue weighted by atomic mass is 10.1. The average molecular weight is 460 g/mol. The van der Waals surface area contributed by atoms with Gasteiger partial charge in [0.2, 0.25) is 0 Å². The number of methoxy groups -OCH3 is 1. The van der Waals surface area contributed by atoms with E-state index in [0.29, 0.717) is 33.8 Å². The first-order valence-electron chi connectivity index (χ1n) is 10.9. The molecular weight excluding hydrogens is 434 g/mol. The highest BCUT2D eigenvalue weighted by atomic mass is 16.5. The van der Waals surface area contributed by atoms with Gasteiger partial charge in [0.25, 0.3) is 11.8 Å². The van der Waals surface area contributed by atoms with Crippen LogP contribution in [0.4, 0.5) is 5.69 Å². The summed E-state index contributed by atoms with van der Waals surface area (Å²) >= 11 is 0. The molecule has 174 valence electrons. The number of nitrogens with zero attached hydrogens (tertiary/aromatic N) is 1. The van der Waals surface area contributed by atoms with Crippen molar-refractivity contribution in [2.75, 3.05) is 12.4 Å². The molecule has 1 aromatic heterocycles. The van der Waals surface area contributed by atoms with E-state index < -0.39 is 5.97 Å². The molecule has 1 aliphatic rings. The van der Waals surface area contributed by atoms with Gasteiger partial charge in [-0.25, -0.2) is 4.79 Å². The second-order valence-corrected chi connectivity index (χ2v) is 8.07. The molecule has 3 aromatic rings. The summed E-state index contributed by atoms with van der Waals surface area (Å²) in [5, 5.41) is 5.83. The Balaban J connectivity index is 1.35. The van der Waals surface area contributed by atoms with Crippen LogP contribution in [0.5, 0.6) is 5.75 Å². The van der Waals surface area contributed by atoms with Gasteiger partial charge in [-0.05, 0) is 73.9 Å². The summed E-state index contributed by atoms with van der Waals surface area (Å²) in [6, 6.07) is 15.6. The van der Waals surface area contributed by atoms with Crippen LogP contribution in [0, 0.1) is 6.92 Å². The third-order valence-corrected chi connectivity index (χ3v) is 5.41. The van der Waals surface area contributed by atoms with Crippen molar-refractivity contribution in [3.63, 3.8) is 0 Å². The number of esters is 1. The summed E-state index contributed by atoms with van der Waals surface area (Å²) in [5.74, 6) is -0.286. The molecule has 8 nitrogen and oxygen atoms in total. The lowest BCUT2D eigenvalue weighted by Gasteiger charge is -2.11. The average Bonchev–Trinajstić information content (AvgIpc) is 3.68. The zero-order chi connectivity index (χ0) is 24.1. The van der Waals surface area contributed by atoms with Crippen molar-refractivity contribution >= 4 is 23.5 Å². The number of benzene rings is 2. The molecule has 8 heteroatoms. The molecule has 0 radical (unpaired) electrons. The van der Waals surface area contributed by atoms with Crippen LogP contribution in [0.15, 0.2) is 60.8 Å². The van der Waals surface area contributed by atoms with Gasteiger partial charge < -0.3 is 20.1 Å². The molecule has 1 fully saturated rings. The van der Waals surface area contributed by atoms with Crippen LogP contribution < -0.4 is 15.4 Å². The minimum absolute atomic E-state index is 0.131. The molecule has 4 rings (SSSR count). The fourth-order valence-corrected chi connectivity index (χ4v) is 3.20. The van der Waals surface area contributed by atoms with Crippen LogP contribution in [0.25, 0.3) is 0 Å². The van der Waals surface area contributed by atoms with E-state index in [1.165, 1.54) is 13.3 Å². The number of rotatable bonds is 8. The Morgan fingerprint density at radius 3 is 2.29 bits per heavy atom. The maximum absolute atomic E-state index is 12.7. The van der Waals surface area contributed by atoms with Crippen molar-refractivity contribution in [2.45, 2.75) is 32.4 Å². The van der Waals surface area contributed by atoms with E-state index in [-0.39, 0.29) is 24.5 Å². The van der Waals surface area contributed by atoms with Gasteiger partial charge in [-0.2, -0.15) is 0 Å². The number of carbonyl (C=O) groups is 3. The highest BCUT2D eigenvalue weighted by Gasteiger charge is 2.24. The Kier molecular flexibility index (Phi) is 6.87. The zero-order valence-electron chi connectivity index (χ0n) is 19.0. The van der Waals surface area contributed by atoms with Crippen molar-refractivity contribution in [1.82, 2.24) is 10.3 Å². The number of anilines is 1. The van der Waals surface area contributed by atoms with E-state index in [2.05, 4.69) is 20.4 Å². The fourth-order valence-electron chi connectivity index (χ4n) is 3.20. The number of pyridine rings is 1. The summed E-state index contributed by atoms with van der Waals surface area (Å²) in [6.45, 7) is 2.09. The second-order valence-electron chi connectivity index (χ2n) is 8.07. The Morgan fingerprint density at radius 1 is 0.941 bits per heavy atom. The summed E-state index contributed by atoms with van der Waals surface area (Å²) in [7, 11) is 1.32. The number of carbonyl (C=O) groups excluding carboxylic acids is 3. The maximum atomic E-state index is 12.7. The van der Waals surface area contributed by atoms with E-state index in [0.717, 1.165) is 18.4 Å². The van der Waals surface area contributed by atoms with Gasteiger partial charge in [-0.1, -0.05) is 6.07 Å². The number of nitrogens with one attached hydrogen (secondary N) is 2. The lowest BCUT2D eigenvalue weighted by Crippen LogP contribution is -2.25. The van der Waals surface area contributed by atoms with E-state index in [4.69, 9.17) is 4.74 Å². The van der Waals surface area contributed by atoms with Crippen molar-refractivity contribution in [2.24, 2.45) is 0 Å². The molecular formula is C26H25N3O5. The van der Waals surface area contributed by atoms with Crippen molar-refractivity contribution in [3.8, 4) is 5.75 Å². The quantitative estimate of drug-likeness (QED) is 0.495. The predicted octanol–water partition coefficient (Wildman–Crippen LogP) is 3.90. The third-order valence-electron chi connectivity index (χ3n) is 5.41. The van der Waals surface area contributed by atoms with Crippen LogP contribution in [-0.4, -0.2) is 35.9 Å². The van der Waals surface area contributed by atoms with Crippen molar-refractivity contribution in [3.05, 3.63) is 88.7 Å². The monoisotopic (exact) mass is 459 g/mol. The minimum atomic E-state index is -0.447. The van der Waals surface area contributed by atoms with Crippen LogP contribution in [0.2, 0.25) is 0 Å². The molecule has 0 saturated heterocycles. The molecule has 1 aliphatic carbocycles. The Morgan fingerprint density at radius 2 is 1.65 bits per heavy atom. The molecule has 2 aromatic carbocycles. The first kappa shape index (κ1) is 23.0. The zero-order valence-corrected chi connectivity index (χ0v) is 19.0. The number of amides is 2. The summed E-state index contributed by atoms with van der Waals surface area (Å²) in [4.78, 5) is 40.7. The number of aryl methyl sites for hydroxylation is 1. The maximum Gasteiger partial charge on any atom is 0.339 e. The Bertz CT molecular complexity index is 1200. The van der Waals surface area contributed by atoms with E-state index in [1.807, 2.05) is 13.0 Å². The molecule has 1 heterocycles. The molecule has 0 atom stereocenters. The number of aromatic nitrogens is 1. The van der Waals surface area contributed by atoms with Crippen LogP contribution in [0.1, 0.15) is 55.2 Å². The highest BCUT2D eigenvalue weighted by Crippen LogP contribution is 2.22. The second kappa shape index (κ2) is 10.2. The molecule has 0 bridgehead atoms. The molecule has 0 aliphatic heterocycles. The van der Waals surface area contributed by atoms with Crippen molar-refractivity contribution in [1.29, 1.82) is 0 Å². The largest absolute Gasteiger partial charge is 0.487 e. The van der Waals surface area contributed by atoms with Gasteiger partial charge in [-0.3, -0.25) is 14.6 Å². The van der Waals surface area contributed by atoms with E-state index >= 15 is 0 Å². The SMILES string of the molecule is COC(=O)c1ccc(COc2ccc(C(=O)Nc3cc(C(=O)NC4CC4)ccc3C)cc2)nc1. The lowest BCUT2D eigenvalue weighted by molar-refractivity contribution is 0.0599. The topological polar surface area (TPSA) is 107 Å². The van der Waals surface area contributed by atoms with Gasteiger partial charge in [0.15, 0.2) is 0 Å². The van der Waals surface area contributed by atoms with Gasteiger partial charge in [-0.15, -0.1) is 0 Å². The standard InChI is InChI=1S/C26H25N3O5/c1-16-3-4-18(25(31)28-20-9-10-20)13-23(16)29-24(30)17-6-11-22(12-7-17)34-15-21-8-5-19(14-27-21)26(32)33-2/h3-8,11-14,20H,9-10,15H2,1-2H3,(H,28,31)(H,29,30). The summed E-state index contributed by atoms with van der Waals surface area (Å²) < 4.78 is 10.4. The summed E-state index contributed by atoms with van der Waals surface area (Å²) in [5.41, 5.74) is 3.45. The first-order chi connectivity index (χ1) is 16.4. The minimum Gasteiger partial charge on any atom is -0.487 e. The molecule has 2 amide bonds. The highest BCUT2D eigenvalue weighted by molar-refractivity contribution is 6.05. The predicted molar refractivity (Wildman–Crippen MR) is 126 cm³/mol. The summed E-state index contributed by atoms with van der Waals surface area (Å²) in [6.07, 6.45) is 3.46. The molecule has 34 heavy (non-hydrogen) atoms. The number of hydrogen-bond acceptors (Lipinski definition) is 6. The number of hydrogen-bond donors (Lipinski definition) is 2. The molecule has 0 spiro atoms. The molecule has 1 saturated carbocycles. The number of ether oxygens (including phenoxy) is 2.